The zero-order chi connectivity index (χ0) is 14.3. The van der Waals surface area contributed by atoms with E-state index in [-0.39, 0.29) is 10.6 Å². The van der Waals surface area contributed by atoms with E-state index in [0.29, 0.717) is 12.6 Å². The van der Waals surface area contributed by atoms with E-state index >= 15 is 0 Å². The minimum atomic E-state index is -0.358. The highest BCUT2D eigenvalue weighted by molar-refractivity contribution is 5.34. The Morgan fingerprint density at radius 2 is 2.05 bits per heavy atom. The molecule has 0 radical (unpaired) electrons. The largest absolute Gasteiger partial charge is 0.309 e. The SMILES string of the molecule is CCN(CC)CC(C)NCc1cccc([N+](=O)[O-])c1. The fourth-order valence-electron chi connectivity index (χ4n) is 2.01. The van der Waals surface area contributed by atoms with Gasteiger partial charge < -0.3 is 10.2 Å². The fourth-order valence-corrected chi connectivity index (χ4v) is 2.01. The number of benzene rings is 1. The van der Waals surface area contributed by atoms with Crippen molar-refractivity contribution < 1.29 is 4.92 Å². The van der Waals surface area contributed by atoms with Crippen LogP contribution in [0.3, 0.4) is 0 Å². The lowest BCUT2D eigenvalue weighted by Gasteiger charge is -2.23. The van der Waals surface area contributed by atoms with Gasteiger partial charge >= 0.3 is 0 Å². The van der Waals surface area contributed by atoms with Gasteiger partial charge in [-0.2, -0.15) is 0 Å². The molecule has 5 heteroatoms. The van der Waals surface area contributed by atoms with Gasteiger partial charge in [0, 0.05) is 31.3 Å². The minimum Gasteiger partial charge on any atom is -0.309 e. The molecular formula is C14H23N3O2. The number of likely N-dealkylation sites (N-methyl/N-ethyl adjacent to an activating group) is 1. The molecule has 0 saturated carbocycles. The van der Waals surface area contributed by atoms with Crippen molar-refractivity contribution in [3.8, 4) is 0 Å². The van der Waals surface area contributed by atoms with Crippen LogP contribution in [0.4, 0.5) is 5.69 Å². The zero-order valence-electron chi connectivity index (χ0n) is 11.9. The van der Waals surface area contributed by atoms with Crippen molar-refractivity contribution in [1.29, 1.82) is 0 Å². The number of hydrogen-bond donors (Lipinski definition) is 1. The van der Waals surface area contributed by atoms with Gasteiger partial charge in [0.15, 0.2) is 0 Å². The standard InChI is InChI=1S/C14H23N3O2/c1-4-16(5-2)11-12(3)15-10-13-7-6-8-14(9-13)17(18)19/h6-9,12,15H,4-5,10-11H2,1-3H3. The number of hydrogen-bond acceptors (Lipinski definition) is 4. The number of nitrogens with zero attached hydrogens (tertiary/aromatic N) is 2. The van der Waals surface area contributed by atoms with Gasteiger partial charge in [-0.25, -0.2) is 0 Å². The molecule has 1 aromatic carbocycles. The van der Waals surface area contributed by atoms with E-state index in [2.05, 4.69) is 31.0 Å². The first-order chi connectivity index (χ1) is 9.06. The Hall–Kier alpha value is -1.46. The number of nitro benzene ring substituents is 1. The summed E-state index contributed by atoms with van der Waals surface area (Å²) < 4.78 is 0. The maximum Gasteiger partial charge on any atom is 0.269 e. The Labute approximate surface area is 114 Å². The van der Waals surface area contributed by atoms with Gasteiger partial charge in [-0.05, 0) is 25.6 Å². The van der Waals surface area contributed by atoms with Crippen LogP contribution in [0.1, 0.15) is 26.3 Å². The average Bonchev–Trinajstić information content (AvgIpc) is 2.42. The molecule has 1 unspecified atom stereocenters. The molecule has 1 aromatic rings. The van der Waals surface area contributed by atoms with Crippen molar-refractivity contribution in [2.24, 2.45) is 0 Å². The van der Waals surface area contributed by atoms with E-state index in [4.69, 9.17) is 0 Å². The summed E-state index contributed by atoms with van der Waals surface area (Å²) in [5.41, 5.74) is 1.09. The van der Waals surface area contributed by atoms with Crippen molar-refractivity contribution in [2.75, 3.05) is 19.6 Å². The number of non-ortho nitro benzene ring substituents is 1. The van der Waals surface area contributed by atoms with E-state index in [9.17, 15) is 10.1 Å². The molecule has 0 aliphatic carbocycles. The third-order valence-electron chi connectivity index (χ3n) is 3.20. The highest BCUT2D eigenvalue weighted by Crippen LogP contribution is 2.12. The van der Waals surface area contributed by atoms with Crippen LogP contribution in [0, 0.1) is 10.1 Å². The fraction of sp³-hybridized carbons (Fsp3) is 0.571. The summed E-state index contributed by atoms with van der Waals surface area (Å²) in [7, 11) is 0. The first kappa shape index (κ1) is 15.6. The van der Waals surface area contributed by atoms with Gasteiger partial charge in [-0.15, -0.1) is 0 Å². The van der Waals surface area contributed by atoms with Crippen molar-refractivity contribution in [2.45, 2.75) is 33.4 Å². The molecule has 0 amide bonds. The van der Waals surface area contributed by atoms with Crippen LogP contribution in [-0.4, -0.2) is 35.5 Å². The van der Waals surface area contributed by atoms with Crippen LogP contribution in [0.5, 0.6) is 0 Å². The van der Waals surface area contributed by atoms with Crippen LogP contribution in [0.25, 0.3) is 0 Å². The lowest BCUT2D eigenvalue weighted by Crippen LogP contribution is -2.38. The van der Waals surface area contributed by atoms with Crippen molar-refractivity contribution in [1.82, 2.24) is 10.2 Å². The second kappa shape index (κ2) is 7.86. The molecular weight excluding hydrogens is 242 g/mol. The predicted molar refractivity (Wildman–Crippen MR) is 77.2 cm³/mol. The second-order valence-corrected chi connectivity index (χ2v) is 4.69. The molecule has 0 aliphatic rings. The Morgan fingerprint density at radius 1 is 1.37 bits per heavy atom. The van der Waals surface area contributed by atoms with Crippen LogP contribution in [0.15, 0.2) is 24.3 Å². The number of rotatable bonds is 8. The van der Waals surface area contributed by atoms with Crippen LogP contribution < -0.4 is 5.32 Å². The number of nitrogens with one attached hydrogen (secondary N) is 1. The molecule has 5 nitrogen and oxygen atoms in total. The summed E-state index contributed by atoms with van der Waals surface area (Å²) >= 11 is 0. The molecule has 1 rings (SSSR count). The molecule has 1 atom stereocenters. The maximum absolute atomic E-state index is 10.7. The van der Waals surface area contributed by atoms with Crippen LogP contribution in [-0.2, 0) is 6.54 Å². The van der Waals surface area contributed by atoms with Crippen molar-refractivity contribution in [3.05, 3.63) is 39.9 Å². The molecule has 19 heavy (non-hydrogen) atoms. The van der Waals surface area contributed by atoms with E-state index in [1.165, 1.54) is 6.07 Å². The smallest absolute Gasteiger partial charge is 0.269 e. The monoisotopic (exact) mass is 265 g/mol. The molecule has 0 saturated heterocycles. The third-order valence-corrected chi connectivity index (χ3v) is 3.20. The second-order valence-electron chi connectivity index (χ2n) is 4.69. The minimum absolute atomic E-state index is 0.149. The van der Waals surface area contributed by atoms with Gasteiger partial charge in [0.25, 0.3) is 5.69 Å². The molecule has 1 N–H and O–H groups in total. The maximum atomic E-state index is 10.7. The third kappa shape index (κ3) is 5.36. The lowest BCUT2D eigenvalue weighted by molar-refractivity contribution is -0.384. The van der Waals surface area contributed by atoms with E-state index in [0.717, 1.165) is 25.2 Å². The summed E-state index contributed by atoms with van der Waals surface area (Å²) in [6.45, 7) is 10.2. The number of nitro groups is 1. The molecule has 0 aromatic heterocycles. The van der Waals surface area contributed by atoms with Gasteiger partial charge in [0.2, 0.25) is 0 Å². The normalized spacial score (nSPS) is 12.6. The summed E-state index contributed by atoms with van der Waals surface area (Å²) in [5, 5.41) is 14.1. The zero-order valence-corrected chi connectivity index (χ0v) is 11.9. The Bertz CT molecular complexity index is 405. The Morgan fingerprint density at radius 3 is 2.63 bits per heavy atom. The van der Waals surface area contributed by atoms with Crippen molar-refractivity contribution in [3.63, 3.8) is 0 Å². The molecule has 0 bridgehead atoms. The van der Waals surface area contributed by atoms with E-state index < -0.39 is 0 Å². The van der Waals surface area contributed by atoms with Gasteiger partial charge in [-0.3, -0.25) is 10.1 Å². The van der Waals surface area contributed by atoms with Gasteiger partial charge in [-0.1, -0.05) is 26.0 Å². The molecule has 0 heterocycles. The molecule has 106 valence electrons. The lowest BCUT2D eigenvalue weighted by atomic mass is 10.2. The summed E-state index contributed by atoms with van der Waals surface area (Å²) in [5.74, 6) is 0. The molecule has 0 fully saturated rings. The summed E-state index contributed by atoms with van der Waals surface area (Å²) in [6, 6.07) is 7.13. The van der Waals surface area contributed by atoms with Gasteiger partial charge in [0.05, 0.1) is 4.92 Å². The van der Waals surface area contributed by atoms with E-state index in [1.807, 2.05) is 6.07 Å². The first-order valence-corrected chi connectivity index (χ1v) is 6.75. The van der Waals surface area contributed by atoms with Crippen LogP contribution >= 0.6 is 0 Å². The van der Waals surface area contributed by atoms with E-state index in [1.54, 1.807) is 12.1 Å². The molecule has 0 aliphatic heterocycles. The highest BCUT2D eigenvalue weighted by Gasteiger charge is 2.08. The first-order valence-electron chi connectivity index (χ1n) is 6.75. The average molecular weight is 265 g/mol. The topological polar surface area (TPSA) is 58.4 Å². The van der Waals surface area contributed by atoms with Crippen molar-refractivity contribution >= 4 is 5.69 Å². The molecule has 0 spiro atoms. The van der Waals surface area contributed by atoms with Crippen LogP contribution in [0.2, 0.25) is 0 Å². The predicted octanol–water partition coefficient (Wildman–Crippen LogP) is 2.41. The Balaban J connectivity index is 2.47. The quantitative estimate of drug-likeness (QED) is 0.579. The van der Waals surface area contributed by atoms with Gasteiger partial charge in [0.1, 0.15) is 0 Å². The summed E-state index contributed by atoms with van der Waals surface area (Å²) in [6.07, 6.45) is 0. The Kier molecular flexibility index (Phi) is 6.45. The highest BCUT2D eigenvalue weighted by atomic mass is 16.6. The summed E-state index contributed by atoms with van der Waals surface area (Å²) in [4.78, 5) is 12.7.